The van der Waals surface area contributed by atoms with Gasteiger partial charge in [0.2, 0.25) is 0 Å². The van der Waals surface area contributed by atoms with Crippen LogP contribution in [0.5, 0.6) is 5.75 Å². The number of Topliss-reactive ketones (excluding diaryl/α,β-unsaturated/α-hetero) is 1. The summed E-state index contributed by atoms with van der Waals surface area (Å²) in [6, 6.07) is 12.3. The Balaban J connectivity index is 1.20. The zero-order valence-electron chi connectivity index (χ0n) is 17.8. The molecule has 0 saturated carbocycles. The number of oxazole rings is 1. The molecular weight excluding hydrogens is 414 g/mol. The maximum atomic E-state index is 12.5. The first-order chi connectivity index (χ1) is 15.5. The molecule has 0 aliphatic carbocycles. The van der Waals surface area contributed by atoms with Gasteiger partial charge in [0.1, 0.15) is 12.4 Å². The number of carbonyl (C=O) groups excluding carboxylic acids is 2. The number of methoxy groups -OCH3 is 1. The van der Waals surface area contributed by atoms with E-state index in [9.17, 15) is 14.4 Å². The molecule has 1 N–H and O–H groups in total. The van der Waals surface area contributed by atoms with Crippen molar-refractivity contribution in [2.45, 2.75) is 13.0 Å². The molecule has 1 aromatic heterocycles. The second kappa shape index (κ2) is 9.69. The molecule has 2 aromatic carbocycles. The van der Waals surface area contributed by atoms with E-state index in [1.54, 1.807) is 30.2 Å². The summed E-state index contributed by atoms with van der Waals surface area (Å²) in [4.78, 5) is 42.5. The normalized spacial score (nSPS) is 14.5. The van der Waals surface area contributed by atoms with Gasteiger partial charge in [-0.1, -0.05) is 12.1 Å². The Kier molecular flexibility index (Phi) is 6.55. The highest BCUT2D eigenvalue weighted by Crippen LogP contribution is 2.15. The third kappa shape index (κ3) is 5.17. The molecule has 0 unspecified atom stereocenters. The summed E-state index contributed by atoms with van der Waals surface area (Å²) in [6.45, 7) is 3.27. The Labute approximate surface area is 184 Å². The molecule has 0 bridgehead atoms. The van der Waals surface area contributed by atoms with Crippen molar-refractivity contribution in [3.63, 3.8) is 0 Å². The quantitative estimate of drug-likeness (QED) is 0.564. The van der Waals surface area contributed by atoms with Gasteiger partial charge in [-0.25, -0.2) is 9.59 Å². The number of benzene rings is 2. The van der Waals surface area contributed by atoms with Crippen LogP contribution in [0.1, 0.15) is 22.3 Å². The molecule has 3 aromatic rings. The first kappa shape index (κ1) is 21.6. The number of hydrogen-bond donors (Lipinski definition) is 1. The average Bonchev–Trinajstić information content (AvgIpc) is 3.20. The fourth-order valence-electron chi connectivity index (χ4n) is 3.63. The molecule has 1 aliphatic rings. The number of carbonyl (C=O) groups is 2. The summed E-state index contributed by atoms with van der Waals surface area (Å²) in [5.41, 5.74) is 2.36. The van der Waals surface area contributed by atoms with Crippen LogP contribution in [0.25, 0.3) is 11.1 Å². The van der Waals surface area contributed by atoms with Crippen molar-refractivity contribution in [2.75, 3.05) is 39.8 Å². The summed E-state index contributed by atoms with van der Waals surface area (Å²) < 4.78 is 15.5. The summed E-state index contributed by atoms with van der Waals surface area (Å²) in [5.74, 6) is 0.202. The van der Waals surface area contributed by atoms with Gasteiger partial charge in [0.05, 0.1) is 12.6 Å². The molecule has 2 heterocycles. The molecule has 0 atom stereocenters. The molecule has 1 aliphatic heterocycles. The summed E-state index contributed by atoms with van der Waals surface area (Å²) in [6.07, 6.45) is 0.0140. The van der Waals surface area contributed by atoms with Gasteiger partial charge >= 0.3 is 11.8 Å². The van der Waals surface area contributed by atoms with Crippen LogP contribution in [-0.2, 0) is 11.3 Å². The Morgan fingerprint density at radius 2 is 1.81 bits per heavy atom. The SMILES string of the molecule is COc1ccc(COC(=O)N2CCN(CCC(=O)c3ccc4[nH]c(=O)oc4c3)CC2)cc1. The number of ether oxygens (including phenoxy) is 2. The third-order valence-corrected chi connectivity index (χ3v) is 5.55. The molecule has 1 fully saturated rings. The Morgan fingerprint density at radius 3 is 2.53 bits per heavy atom. The zero-order chi connectivity index (χ0) is 22.5. The van der Waals surface area contributed by atoms with Crippen LogP contribution in [0.2, 0.25) is 0 Å². The number of piperazine rings is 1. The number of nitrogens with one attached hydrogen (secondary N) is 1. The van der Waals surface area contributed by atoms with Gasteiger partial charge in [0, 0.05) is 44.7 Å². The predicted molar refractivity (Wildman–Crippen MR) is 117 cm³/mol. The fourth-order valence-corrected chi connectivity index (χ4v) is 3.63. The van der Waals surface area contributed by atoms with E-state index in [0.29, 0.717) is 55.8 Å². The van der Waals surface area contributed by atoms with Crippen molar-refractivity contribution in [3.05, 3.63) is 64.1 Å². The van der Waals surface area contributed by atoms with Crippen molar-refractivity contribution >= 4 is 23.0 Å². The van der Waals surface area contributed by atoms with E-state index in [-0.39, 0.29) is 18.5 Å². The van der Waals surface area contributed by atoms with E-state index in [0.717, 1.165) is 11.3 Å². The number of fused-ring (bicyclic) bond motifs is 1. The number of amides is 1. The highest BCUT2D eigenvalue weighted by molar-refractivity contribution is 5.98. The molecule has 9 nitrogen and oxygen atoms in total. The van der Waals surface area contributed by atoms with E-state index in [1.165, 1.54) is 0 Å². The second-order valence-electron chi connectivity index (χ2n) is 7.63. The Morgan fingerprint density at radius 1 is 1.06 bits per heavy atom. The van der Waals surface area contributed by atoms with Crippen LogP contribution in [0.4, 0.5) is 4.79 Å². The number of ketones is 1. The minimum atomic E-state index is -0.537. The van der Waals surface area contributed by atoms with Gasteiger partial charge in [-0.2, -0.15) is 0 Å². The van der Waals surface area contributed by atoms with E-state index in [4.69, 9.17) is 13.9 Å². The van der Waals surface area contributed by atoms with Crippen LogP contribution < -0.4 is 10.5 Å². The molecule has 9 heteroatoms. The van der Waals surface area contributed by atoms with Crippen LogP contribution in [0.3, 0.4) is 0 Å². The molecule has 0 radical (unpaired) electrons. The van der Waals surface area contributed by atoms with Crippen LogP contribution >= 0.6 is 0 Å². The van der Waals surface area contributed by atoms with Gasteiger partial charge < -0.3 is 18.8 Å². The van der Waals surface area contributed by atoms with E-state index in [2.05, 4.69) is 9.88 Å². The molecule has 32 heavy (non-hydrogen) atoms. The van der Waals surface area contributed by atoms with Crippen LogP contribution in [-0.4, -0.2) is 66.5 Å². The lowest BCUT2D eigenvalue weighted by Gasteiger charge is -2.33. The number of nitrogens with zero attached hydrogens (tertiary/aromatic N) is 2. The number of rotatable bonds is 7. The van der Waals surface area contributed by atoms with Crippen molar-refractivity contribution in [3.8, 4) is 5.75 Å². The van der Waals surface area contributed by atoms with Gasteiger partial charge in [-0.05, 0) is 35.9 Å². The maximum absolute atomic E-state index is 12.5. The van der Waals surface area contributed by atoms with E-state index in [1.807, 2.05) is 24.3 Å². The van der Waals surface area contributed by atoms with Crippen molar-refractivity contribution < 1.29 is 23.5 Å². The van der Waals surface area contributed by atoms with Crippen molar-refractivity contribution in [2.24, 2.45) is 0 Å². The van der Waals surface area contributed by atoms with E-state index >= 15 is 0 Å². The minimum absolute atomic E-state index is 0.0166. The van der Waals surface area contributed by atoms with Crippen LogP contribution in [0, 0.1) is 0 Å². The molecule has 4 rings (SSSR count). The number of aromatic amines is 1. The average molecular weight is 439 g/mol. The molecule has 1 saturated heterocycles. The van der Waals surface area contributed by atoms with Gasteiger partial charge in [0.25, 0.3) is 0 Å². The highest BCUT2D eigenvalue weighted by atomic mass is 16.6. The van der Waals surface area contributed by atoms with Gasteiger partial charge in [0.15, 0.2) is 11.4 Å². The third-order valence-electron chi connectivity index (χ3n) is 5.55. The Hall–Kier alpha value is -3.59. The monoisotopic (exact) mass is 439 g/mol. The molecule has 0 spiro atoms. The lowest BCUT2D eigenvalue weighted by Crippen LogP contribution is -2.49. The number of H-pyrrole nitrogens is 1. The standard InChI is InChI=1S/C23H25N3O6/c1-30-18-5-2-16(3-6-18)15-31-23(29)26-12-10-25(11-13-26)9-8-20(27)17-4-7-19-21(14-17)32-22(28)24-19/h2-7,14H,8-13,15H2,1H3,(H,24,28). The number of aromatic nitrogens is 1. The lowest BCUT2D eigenvalue weighted by molar-refractivity contribution is 0.0696. The van der Waals surface area contributed by atoms with Crippen molar-refractivity contribution in [1.29, 1.82) is 0 Å². The fraction of sp³-hybridized carbons (Fsp3) is 0.348. The molecule has 1 amide bonds. The highest BCUT2D eigenvalue weighted by Gasteiger charge is 2.22. The molecular formula is C23H25N3O6. The smallest absolute Gasteiger partial charge is 0.417 e. The number of hydrogen-bond acceptors (Lipinski definition) is 7. The maximum Gasteiger partial charge on any atom is 0.417 e. The summed E-state index contributed by atoms with van der Waals surface area (Å²) in [5, 5.41) is 0. The lowest BCUT2D eigenvalue weighted by atomic mass is 10.1. The zero-order valence-corrected chi connectivity index (χ0v) is 17.8. The summed E-state index contributed by atoms with van der Waals surface area (Å²) >= 11 is 0. The van der Waals surface area contributed by atoms with Crippen molar-refractivity contribution in [1.82, 2.24) is 14.8 Å². The second-order valence-corrected chi connectivity index (χ2v) is 7.63. The van der Waals surface area contributed by atoms with Crippen LogP contribution in [0.15, 0.2) is 51.7 Å². The largest absolute Gasteiger partial charge is 0.497 e. The first-order valence-electron chi connectivity index (χ1n) is 10.4. The molecule has 168 valence electrons. The Bertz CT molecular complexity index is 1140. The minimum Gasteiger partial charge on any atom is -0.497 e. The van der Waals surface area contributed by atoms with Gasteiger partial charge in [-0.3, -0.25) is 14.7 Å². The summed E-state index contributed by atoms with van der Waals surface area (Å²) in [7, 11) is 1.60. The van der Waals surface area contributed by atoms with E-state index < -0.39 is 5.76 Å². The first-order valence-corrected chi connectivity index (χ1v) is 10.4. The van der Waals surface area contributed by atoms with Gasteiger partial charge in [-0.15, -0.1) is 0 Å². The predicted octanol–water partition coefficient (Wildman–Crippen LogP) is 2.66. The topological polar surface area (TPSA) is 105 Å².